The number of carbonyl (C=O) groups is 2. The van der Waals surface area contributed by atoms with E-state index >= 15 is 0 Å². The Morgan fingerprint density at radius 2 is 1.46 bits per heavy atom. The first-order chi connectivity index (χ1) is 10.8. The number of carbonyl (C=O) groups excluding carboxylic acids is 2. The van der Waals surface area contributed by atoms with Crippen LogP contribution < -0.4 is 4.72 Å². The van der Waals surface area contributed by atoms with Gasteiger partial charge in [-0.15, -0.1) is 0 Å². The van der Waals surface area contributed by atoms with Crippen LogP contribution in [0.5, 0.6) is 0 Å². The Labute approximate surface area is 143 Å². The average molecular weight is 352 g/mol. The summed E-state index contributed by atoms with van der Waals surface area (Å²) < 4.78 is 26.9. The third-order valence-electron chi connectivity index (χ3n) is 5.34. The normalized spacial score (nSPS) is 18.8. The second-order valence-corrected chi connectivity index (χ2v) is 9.25. The van der Waals surface area contributed by atoms with E-state index in [0.29, 0.717) is 5.56 Å². The van der Waals surface area contributed by atoms with Crippen molar-refractivity contribution in [1.82, 2.24) is 9.62 Å². The first kappa shape index (κ1) is 18.4. The highest BCUT2D eigenvalue weighted by Gasteiger charge is 2.68. The molecular formula is C17H24N2O4S. The topological polar surface area (TPSA) is 83.6 Å². The molecule has 0 saturated heterocycles. The average Bonchev–Trinajstić information content (AvgIpc) is 2.87. The predicted octanol–water partition coefficient (Wildman–Crippen LogP) is 1.88. The molecule has 1 aromatic rings. The smallest absolute Gasteiger partial charge is 0.264 e. The molecule has 24 heavy (non-hydrogen) atoms. The van der Waals surface area contributed by atoms with Crippen LogP contribution in [0.3, 0.4) is 0 Å². The molecule has 0 heterocycles. The number of sulfonamides is 1. The summed E-state index contributed by atoms with van der Waals surface area (Å²) in [5.41, 5.74) is -0.0989. The number of benzene rings is 1. The van der Waals surface area contributed by atoms with Crippen molar-refractivity contribution in [2.45, 2.75) is 32.6 Å². The molecule has 1 aliphatic rings. The van der Waals surface area contributed by atoms with E-state index in [9.17, 15) is 18.0 Å². The van der Waals surface area contributed by atoms with Crippen LogP contribution >= 0.6 is 0 Å². The first-order valence-electron chi connectivity index (χ1n) is 7.71. The molecule has 1 aromatic carbocycles. The molecule has 1 saturated carbocycles. The van der Waals surface area contributed by atoms with Crippen molar-refractivity contribution in [2.75, 3.05) is 14.1 Å². The van der Waals surface area contributed by atoms with Gasteiger partial charge in [0.25, 0.3) is 15.9 Å². The molecule has 2 rings (SSSR count). The van der Waals surface area contributed by atoms with Gasteiger partial charge in [0.15, 0.2) is 0 Å². The van der Waals surface area contributed by atoms with Gasteiger partial charge in [-0.2, -0.15) is 0 Å². The van der Waals surface area contributed by atoms with Crippen LogP contribution in [0.2, 0.25) is 0 Å². The highest BCUT2D eigenvalue weighted by Crippen LogP contribution is 2.68. The van der Waals surface area contributed by atoms with E-state index in [1.165, 1.54) is 29.2 Å². The van der Waals surface area contributed by atoms with Gasteiger partial charge in [-0.1, -0.05) is 27.7 Å². The maximum absolute atomic E-state index is 12.4. The summed E-state index contributed by atoms with van der Waals surface area (Å²) in [6.07, 6.45) is 0. The molecule has 0 radical (unpaired) electrons. The summed E-state index contributed by atoms with van der Waals surface area (Å²) in [7, 11) is -0.717. The first-order valence-corrected chi connectivity index (χ1v) is 9.19. The number of hydrogen-bond acceptors (Lipinski definition) is 4. The lowest BCUT2D eigenvalue weighted by Crippen LogP contribution is -2.33. The van der Waals surface area contributed by atoms with E-state index in [1.54, 1.807) is 14.1 Å². The minimum Gasteiger partial charge on any atom is -0.345 e. The van der Waals surface area contributed by atoms with Gasteiger partial charge in [0, 0.05) is 19.7 Å². The zero-order valence-corrected chi connectivity index (χ0v) is 15.7. The zero-order chi connectivity index (χ0) is 18.5. The molecule has 0 atom stereocenters. The standard InChI is InChI=1S/C17H24N2O4S/c1-16(2)13(17(16,3)4)14(20)18-24(22,23)12-9-7-11(8-10-12)15(21)19(5)6/h7-10,13H,1-6H3,(H,18,20). The number of amides is 2. The molecule has 2 amide bonds. The van der Waals surface area contributed by atoms with E-state index in [4.69, 9.17) is 0 Å². The second-order valence-electron chi connectivity index (χ2n) is 7.57. The summed E-state index contributed by atoms with van der Waals surface area (Å²) in [5.74, 6) is -1.06. The molecule has 7 heteroatoms. The van der Waals surface area contributed by atoms with Crippen LogP contribution in [0.25, 0.3) is 0 Å². The van der Waals surface area contributed by atoms with Crippen molar-refractivity contribution in [1.29, 1.82) is 0 Å². The van der Waals surface area contributed by atoms with Crippen LogP contribution in [0, 0.1) is 16.7 Å². The largest absolute Gasteiger partial charge is 0.345 e. The van der Waals surface area contributed by atoms with Gasteiger partial charge in [0.1, 0.15) is 0 Å². The Kier molecular flexibility index (Phi) is 4.29. The maximum Gasteiger partial charge on any atom is 0.264 e. The van der Waals surface area contributed by atoms with Crippen LogP contribution in [0.4, 0.5) is 0 Å². The van der Waals surface area contributed by atoms with Crippen molar-refractivity contribution in [2.24, 2.45) is 16.7 Å². The SMILES string of the molecule is CN(C)C(=O)c1ccc(S(=O)(=O)NC(=O)C2C(C)(C)C2(C)C)cc1. The third kappa shape index (κ3) is 2.92. The second kappa shape index (κ2) is 5.58. The van der Waals surface area contributed by atoms with E-state index in [-0.39, 0.29) is 27.6 Å². The van der Waals surface area contributed by atoms with Crippen molar-refractivity contribution in [3.05, 3.63) is 29.8 Å². The number of nitrogens with zero attached hydrogens (tertiary/aromatic N) is 1. The van der Waals surface area contributed by atoms with Gasteiger partial charge in [-0.3, -0.25) is 9.59 Å². The monoisotopic (exact) mass is 352 g/mol. The van der Waals surface area contributed by atoms with E-state index in [2.05, 4.69) is 4.72 Å². The highest BCUT2D eigenvalue weighted by atomic mass is 32.2. The summed E-state index contributed by atoms with van der Waals surface area (Å²) in [6.45, 7) is 7.80. The zero-order valence-electron chi connectivity index (χ0n) is 14.9. The molecule has 0 aromatic heterocycles. The van der Waals surface area contributed by atoms with Crippen molar-refractivity contribution in [3.8, 4) is 0 Å². The van der Waals surface area contributed by atoms with Gasteiger partial charge in [-0.25, -0.2) is 13.1 Å². The van der Waals surface area contributed by atoms with Gasteiger partial charge < -0.3 is 4.90 Å². The lowest BCUT2D eigenvalue weighted by Gasteiger charge is -2.11. The lowest BCUT2D eigenvalue weighted by molar-refractivity contribution is -0.121. The van der Waals surface area contributed by atoms with Crippen LogP contribution in [0.1, 0.15) is 38.1 Å². The van der Waals surface area contributed by atoms with E-state index in [0.717, 1.165) is 0 Å². The van der Waals surface area contributed by atoms with Crippen molar-refractivity contribution in [3.63, 3.8) is 0 Å². The minimum absolute atomic E-state index is 0.0394. The third-order valence-corrected chi connectivity index (χ3v) is 6.70. The van der Waals surface area contributed by atoms with Crippen molar-refractivity contribution < 1.29 is 18.0 Å². The van der Waals surface area contributed by atoms with Gasteiger partial charge in [0.2, 0.25) is 5.91 Å². The molecule has 0 aliphatic heterocycles. The minimum atomic E-state index is -3.95. The van der Waals surface area contributed by atoms with E-state index < -0.39 is 15.9 Å². The summed E-state index contributed by atoms with van der Waals surface area (Å²) in [5, 5.41) is 0. The Morgan fingerprint density at radius 1 is 1.00 bits per heavy atom. The molecule has 1 aliphatic carbocycles. The fourth-order valence-electron chi connectivity index (χ4n) is 3.14. The maximum atomic E-state index is 12.4. The molecule has 1 N–H and O–H groups in total. The Morgan fingerprint density at radius 3 is 1.83 bits per heavy atom. The summed E-state index contributed by atoms with van der Waals surface area (Å²) >= 11 is 0. The van der Waals surface area contributed by atoms with Crippen molar-refractivity contribution >= 4 is 21.8 Å². The molecule has 6 nitrogen and oxygen atoms in total. The Balaban J connectivity index is 2.17. The van der Waals surface area contributed by atoms with Crippen LogP contribution in [-0.2, 0) is 14.8 Å². The predicted molar refractivity (Wildman–Crippen MR) is 90.8 cm³/mol. The van der Waals surface area contributed by atoms with Gasteiger partial charge in [-0.05, 0) is 35.1 Å². The van der Waals surface area contributed by atoms with Gasteiger partial charge >= 0.3 is 0 Å². The van der Waals surface area contributed by atoms with E-state index in [1.807, 2.05) is 27.7 Å². The fraction of sp³-hybridized carbons (Fsp3) is 0.529. The fourth-order valence-corrected chi connectivity index (χ4v) is 4.13. The van der Waals surface area contributed by atoms with Gasteiger partial charge in [0.05, 0.1) is 10.8 Å². The summed E-state index contributed by atoms with van der Waals surface area (Å²) in [6, 6.07) is 5.53. The molecule has 0 bridgehead atoms. The van der Waals surface area contributed by atoms with Crippen LogP contribution in [0.15, 0.2) is 29.2 Å². The molecular weight excluding hydrogens is 328 g/mol. The Hall–Kier alpha value is -1.89. The Bertz CT molecular complexity index is 763. The quantitative estimate of drug-likeness (QED) is 0.897. The molecule has 1 fully saturated rings. The van der Waals surface area contributed by atoms with Crippen LogP contribution in [-0.4, -0.2) is 39.2 Å². The summed E-state index contributed by atoms with van der Waals surface area (Å²) in [4.78, 5) is 25.5. The number of hydrogen-bond donors (Lipinski definition) is 1. The molecule has 0 unspecified atom stereocenters. The molecule has 0 spiro atoms. The number of rotatable bonds is 4. The molecule has 132 valence electrons. The highest BCUT2D eigenvalue weighted by molar-refractivity contribution is 7.90. The number of nitrogens with one attached hydrogen (secondary N) is 1. The lowest BCUT2D eigenvalue weighted by atomic mass is 10.0.